The zero-order chi connectivity index (χ0) is 25.6. The Kier molecular flexibility index (Phi) is 12.1. The van der Waals surface area contributed by atoms with Gasteiger partial charge in [0, 0.05) is 17.8 Å². The number of hydrogen-bond acceptors (Lipinski definition) is 6. The number of carboxylic acid groups (broad SMARTS) is 1. The third kappa shape index (κ3) is 10.8. The maximum Gasteiger partial charge on any atom is 0.321 e. The molecule has 0 saturated heterocycles. The van der Waals surface area contributed by atoms with Crippen LogP contribution >= 0.6 is 0 Å². The number of rotatable bonds is 15. The van der Waals surface area contributed by atoms with Gasteiger partial charge in [0.1, 0.15) is 6.04 Å². The number of carbonyl (C=O) groups excluding carboxylic acids is 1. The minimum atomic E-state index is -1.03. The molecule has 0 saturated carbocycles. The van der Waals surface area contributed by atoms with Crippen LogP contribution in [0.15, 0.2) is 64.8 Å². The fraction of sp³-hybridized carbons (Fsp3) is 0.481. The third-order valence-electron chi connectivity index (χ3n) is 5.69. The van der Waals surface area contributed by atoms with Gasteiger partial charge in [0.05, 0.1) is 17.8 Å². The van der Waals surface area contributed by atoms with Crippen molar-refractivity contribution in [3.8, 4) is 0 Å². The Balaban J connectivity index is 1.73. The number of aliphatic carboxylic acids is 1. The molecule has 35 heavy (non-hydrogen) atoms. The lowest BCUT2D eigenvalue weighted by molar-refractivity contribution is -0.141. The van der Waals surface area contributed by atoms with Crippen LogP contribution in [0.25, 0.3) is 0 Å². The molecule has 2 rings (SSSR count). The van der Waals surface area contributed by atoms with Crippen LogP contribution < -0.4 is 10.6 Å². The quantitative estimate of drug-likeness (QED) is 0.221. The lowest BCUT2D eigenvalue weighted by atomic mass is 10.1. The molecular weight excluding hydrogens is 442 g/mol. The predicted octanol–water partition coefficient (Wildman–Crippen LogP) is 5.76. The van der Waals surface area contributed by atoms with Crippen LogP contribution in [0.2, 0.25) is 0 Å². The molecule has 0 aliphatic heterocycles. The first kappa shape index (κ1) is 28.1. The number of carbonyl (C=O) groups is 2. The summed E-state index contributed by atoms with van der Waals surface area (Å²) >= 11 is 0. The van der Waals surface area contributed by atoms with Gasteiger partial charge in [0.2, 0.25) is 5.91 Å². The summed E-state index contributed by atoms with van der Waals surface area (Å²) in [7, 11) is 0. The molecule has 3 N–H and O–H groups in total. The molecule has 8 nitrogen and oxygen atoms in total. The normalized spacial score (nSPS) is 12.5. The highest BCUT2D eigenvalue weighted by molar-refractivity contribution is 5.94. The van der Waals surface area contributed by atoms with E-state index >= 15 is 0 Å². The SMILES string of the molecule is CC(C)N(CCCCCN[C@@H](CC(=O)Nc1ccc(N=Nc2ccccc2)cc1)C(=O)O)C(C)C. The average molecular weight is 482 g/mol. The van der Waals surface area contributed by atoms with Crippen molar-refractivity contribution in [3.63, 3.8) is 0 Å². The molecule has 0 heterocycles. The van der Waals surface area contributed by atoms with E-state index in [1.807, 2.05) is 30.3 Å². The van der Waals surface area contributed by atoms with Gasteiger partial charge in [-0.15, -0.1) is 0 Å². The molecular formula is C27H39N5O3. The summed E-state index contributed by atoms with van der Waals surface area (Å²) in [5, 5.41) is 23.6. The van der Waals surface area contributed by atoms with E-state index in [4.69, 9.17) is 0 Å². The first-order chi connectivity index (χ1) is 16.8. The smallest absolute Gasteiger partial charge is 0.321 e. The molecule has 0 aliphatic rings. The number of hydrogen-bond donors (Lipinski definition) is 3. The fourth-order valence-electron chi connectivity index (χ4n) is 3.85. The van der Waals surface area contributed by atoms with Crippen LogP contribution in [-0.2, 0) is 9.59 Å². The highest BCUT2D eigenvalue weighted by atomic mass is 16.4. The van der Waals surface area contributed by atoms with E-state index in [0.29, 0.717) is 30.0 Å². The molecule has 0 radical (unpaired) electrons. The zero-order valence-electron chi connectivity index (χ0n) is 21.3. The summed E-state index contributed by atoms with van der Waals surface area (Å²) in [4.78, 5) is 26.5. The van der Waals surface area contributed by atoms with Crippen LogP contribution in [0, 0.1) is 0 Å². The Labute approximate surface area is 208 Å². The molecule has 0 aromatic heterocycles. The van der Waals surface area contributed by atoms with Crippen molar-refractivity contribution in [1.29, 1.82) is 0 Å². The van der Waals surface area contributed by atoms with Gasteiger partial charge < -0.3 is 15.7 Å². The Morgan fingerprint density at radius 2 is 1.46 bits per heavy atom. The topological polar surface area (TPSA) is 106 Å². The number of unbranched alkanes of at least 4 members (excludes halogenated alkanes) is 2. The minimum Gasteiger partial charge on any atom is -0.480 e. The molecule has 1 amide bonds. The van der Waals surface area contributed by atoms with Crippen LogP contribution in [0.5, 0.6) is 0 Å². The zero-order valence-corrected chi connectivity index (χ0v) is 21.3. The number of benzene rings is 2. The standard InChI is InChI=1S/C27H39N5O3/c1-20(2)32(21(3)4)18-10-6-9-17-28-25(27(34)35)19-26(33)29-22-13-15-24(16-14-22)31-30-23-11-7-5-8-12-23/h5,7-8,11-16,20-21,25,28H,6,9-10,17-19H2,1-4H3,(H,29,33)(H,34,35)/t25-/m0/s1. The highest BCUT2D eigenvalue weighted by Gasteiger charge is 2.20. The van der Waals surface area contributed by atoms with Crippen LogP contribution in [0.1, 0.15) is 53.4 Å². The van der Waals surface area contributed by atoms with E-state index in [1.165, 1.54) is 0 Å². The molecule has 0 aliphatic carbocycles. The van der Waals surface area contributed by atoms with Crippen molar-refractivity contribution in [1.82, 2.24) is 10.2 Å². The lowest BCUT2D eigenvalue weighted by Gasteiger charge is -2.30. The first-order valence-corrected chi connectivity index (χ1v) is 12.3. The van der Waals surface area contributed by atoms with Gasteiger partial charge in [-0.2, -0.15) is 10.2 Å². The van der Waals surface area contributed by atoms with E-state index < -0.39 is 12.0 Å². The Morgan fingerprint density at radius 1 is 0.857 bits per heavy atom. The summed E-state index contributed by atoms with van der Waals surface area (Å²) in [6.07, 6.45) is 2.81. The number of nitrogens with zero attached hydrogens (tertiary/aromatic N) is 3. The van der Waals surface area contributed by atoms with Gasteiger partial charge in [-0.3, -0.25) is 14.5 Å². The first-order valence-electron chi connectivity index (χ1n) is 12.3. The Hall–Kier alpha value is -3.10. The summed E-state index contributed by atoms with van der Waals surface area (Å²) in [5.74, 6) is -1.38. The van der Waals surface area contributed by atoms with E-state index in [9.17, 15) is 14.7 Å². The largest absolute Gasteiger partial charge is 0.480 e. The number of amides is 1. The molecule has 0 unspecified atom stereocenters. The predicted molar refractivity (Wildman–Crippen MR) is 141 cm³/mol. The maximum absolute atomic E-state index is 12.4. The second-order valence-electron chi connectivity index (χ2n) is 9.17. The second kappa shape index (κ2) is 15.0. The highest BCUT2D eigenvalue weighted by Crippen LogP contribution is 2.20. The molecule has 8 heteroatoms. The molecule has 0 spiro atoms. The summed E-state index contributed by atoms with van der Waals surface area (Å²) in [6, 6.07) is 16.4. The van der Waals surface area contributed by atoms with Gasteiger partial charge in [-0.05, 0) is 90.0 Å². The molecule has 1 atom stereocenters. The maximum atomic E-state index is 12.4. The second-order valence-corrected chi connectivity index (χ2v) is 9.17. The third-order valence-corrected chi connectivity index (χ3v) is 5.69. The molecule has 2 aromatic carbocycles. The average Bonchev–Trinajstić information content (AvgIpc) is 2.82. The van der Waals surface area contributed by atoms with Gasteiger partial charge in [-0.1, -0.05) is 24.6 Å². The molecule has 2 aromatic rings. The summed E-state index contributed by atoms with van der Waals surface area (Å²) in [6.45, 7) is 10.4. The van der Waals surface area contributed by atoms with E-state index in [-0.39, 0.29) is 12.3 Å². The van der Waals surface area contributed by atoms with Crippen molar-refractivity contribution in [3.05, 3.63) is 54.6 Å². The molecule has 0 fully saturated rings. The Bertz CT molecular complexity index is 922. The Morgan fingerprint density at radius 3 is 2.03 bits per heavy atom. The van der Waals surface area contributed by atoms with E-state index in [1.54, 1.807) is 24.3 Å². The fourth-order valence-corrected chi connectivity index (χ4v) is 3.85. The van der Waals surface area contributed by atoms with Gasteiger partial charge in [0.15, 0.2) is 0 Å². The lowest BCUT2D eigenvalue weighted by Crippen LogP contribution is -2.40. The monoisotopic (exact) mass is 481 g/mol. The summed E-state index contributed by atoms with van der Waals surface area (Å²) in [5.41, 5.74) is 1.99. The van der Waals surface area contributed by atoms with Crippen molar-refractivity contribution >= 4 is 28.9 Å². The molecule has 0 bridgehead atoms. The molecule has 190 valence electrons. The van der Waals surface area contributed by atoms with Crippen molar-refractivity contribution < 1.29 is 14.7 Å². The van der Waals surface area contributed by atoms with Crippen LogP contribution in [-0.4, -0.2) is 53.1 Å². The van der Waals surface area contributed by atoms with Gasteiger partial charge in [-0.25, -0.2) is 0 Å². The van der Waals surface area contributed by atoms with Crippen LogP contribution in [0.3, 0.4) is 0 Å². The van der Waals surface area contributed by atoms with E-state index in [0.717, 1.165) is 31.5 Å². The van der Waals surface area contributed by atoms with Crippen LogP contribution in [0.4, 0.5) is 17.1 Å². The van der Waals surface area contributed by atoms with Crippen molar-refractivity contribution in [2.45, 2.75) is 71.5 Å². The van der Waals surface area contributed by atoms with Crippen molar-refractivity contribution in [2.24, 2.45) is 10.2 Å². The number of carboxylic acids is 1. The number of nitrogens with one attached hydrogen (secondary N) is 2. The van der Waals surface area contributed by atoms with Crippen molar-refractivity contribution in [2.75, 3.05) is 18.4 Å². The summed E-state index contributed by atoms with van der Waals surface area (Å²) < 4.78 is 0. The van der Waals surface area contributed by atoms with Gasteiger partial charge >= 0.3 is 5.97 Å². The minimum absolute atomic E-state index is 0.140. The van der Waals surface area contributed by atoms with Gasteiger partial charge in [0.25, 0.3) is 0 Å². The van der Waals surface area contributed by atoms with E-state index in [2.05, 4.69) is 53.5 Å². The number of azo groups is 1. The number of anilines is 1.